The lowest BCUT2D eigenvalue weighted by atomic mass is 9.97. The number of nitrogens with one attached hydrogen (secondary N) is 1. The minimum absolute atomic E-state index is 0.154. The van der Waals surface area contributed by atoms with E-state index in [1.165, 1.54) is 33.7 Å². The van der Waals surface area contributed by atoms with Gasteiger partial charge in [-0.25, -0.2) is 9.37 Å². The van der Waals surface area contributed by atoms with Crippen molar-refractivity contribution in [3.05, 3.63) is 56.7 Å². The van der Waals surface area contributed by atoms with Gasteiger partial charge in [0, 0.05) is 10.6 Å². The van der Waals surface area contributed by atoms with Crippen LogP contribution in [0.25, 0.3) is 10.2 Å². The van der Waals surface area contributed by atoms with Crippen LogP contribution in [0, 0.1) is 12.7 Å². The number of amides is 1. The molecule has 0 saturated heterocycles. The van der Waals surface area contributed by atoms with Gasteiger partial charge in [-0.3, -0.25) is 14.2 Å². The third-order valence-electron chi connectivity index (χ3n) is 5.08. The Labute approximate surface area is 159 Å². The average molecular weight is 385 g/mol. The molecule has 27 heavy (non-hydrogen) atoms. The number of benzene rings is 1. The number of hydrogen-bond acceptors (Lipinski definition) is 4. The number of hydrogen-bond donors (Lipinski definition) is 1. The van der Waals surface area contributed by atoms with Gasteiger partial charge >= 0.3 is 0 Å². The molecule has 1 N–H and O–H groups in total. The summed E-state index contributed by atoms with van der Waals surface area (Å²) in [6.07, 6.45) is 4.11. The fraction of sp³-hybridized carbons (Fsp3) is 0.350. The Morgan fingerprint density at radius 1 is 1.26 bits per heavy atom. The summed E-state index contributed by atoms with van der Waals surface area (Å²) in [5.41, 5.74) is 1.44. The minimum Gasteiger partial charge on any atom is -0.324 e. The molecule has 3 aromatic rings. The van der Waals surface area contributed by atoms with Crippen LogP contribution in [0.4, 0.5) is 10.1 Å². The van der Waals surface area contributed by atoms with E-state index in [2.05, 4.69) is 10.3 Å². The van der Waals surface area contributed by atoms with E-state index in [1.54, 1.807) is 25.2 Å². The minimum atomic E-state index is -0.724. The Balaban J connectivity index is 1.72. The fourth-order valence-corrected chi connectivity index (χ4v) is 4.97. The van der Waals surface area contributed by atoms with Crippen molar-refractivity contribution in [2.75, 3.05) is 5.32 Å². The summed E-state index contributed by atoms with van der Waals surface area (Å²) >= 11 is 1.60. The van der Waals surface area contributed by atoms with Gasteiger partial charge in [0.05, 0.1) is 5.39 Å². The Hall–Kier alpha value is -2.54. The SMILES string of the molecule is Cc1nc2sc3c(c2c(=O)n1C(C)C(=O)Nc1ccc(F)cc1)CCCC3. The molecule has 0 fully saturated rings. The molecule has 0 bridgehead atoms. The van der Waals surface area contributed by atoms with Crippen LogP contribution < -0.4 is 10.9 Å². The van der Waals surface area contributed by atoms with Gasteiger partial charge in [-0.05, 0) is 69.4 Å². The zero-order valence-electron chi connectivity index (χ0n) is 15.2. The van der Waals surface area contributed by atoms with E-state index in [-0.39, 0.29) is 17.3 Å². The van der Waals surface area contributed by atoms with Gasteiger partial charge in [-0.15, -0.1) is 11.3 Å². The largest absolute Gasteiger partial charge is 0.324 e. The molecule has 1 aromatic carbocycles. The number of carbonyl (C=O) groups excluding carboxylic acids is 1. The lowest BCUT2D eigenvalue weighted by Gasteiger charge is -2.18. The van der Waals surface area contributed by atoms with Gasteiger partial charge in [0.15, 0.2) is 0 Å². The van der Waals surface area contributed by atoms with E-state index >= 15 is 0 Å². The van der Waals surface area contributed by atoms with Crippen molar-refractivity contribution in [2.45, 2.75) is 45.6 Å². The quantitative estimate of drug-likeness (QED) is 0.742. The van der Waals surface area contributed by atoms with Crippen molar-refractivity contribution < 1.29 is 9.18 Å². The maximum atomic E-state index is 13.2. The third kappa shape index (κ3) is 3.16. The zero-order valence-corrected chi connectivity index (χ0v) is 16.0. The summed E-state index contributed by atoms with van der Waals surface area (Å²) in [7, 11) is 0. The summed E-state index contributed by atoms with van der Waals surface area (Å²) < 4.78 is 14.5. The molecule has 2 heterocycles. The van der Waals surface area contributed by atoms with Crippen LogP contribution in [0.5, 0.6) is 0 Å². The monoisotopic (exact) mass is 385 g/mol. The van der Waals surface area contributed by atoms with Crippen LogP contribution >= 0.6 is 11.3 Å². The highest BCUT2D eigenvalue weighted by atomic mass is 32.1. The van der Waals surface area contributed by atoms with Crippen molar-refractivity contribution in [1.82, 2.24) is 9.55 Å². The lowest BCUT2D eigenvalue weighted by Crippen LogP contribution is -2.34. The Morgan fingerprint density at radius 2 is 1.96 bits per heavy atom. The number of anilines is 1. The van der Waals surface area contributed by atoms with Crippen molar-refractivity contribution in [3.8, 4) is 0 Å². The van der Waals surface area contributed by atoms with Gasteiger partial charge in [-0.1, -0.05) is 0 Å². The standard InChI is InChI=1S/C20H20FN3O2S/c1-11(18(25)23-14-9-7-13(21)8-10-14)24-12(2)22-19-17(20(24)26)15-5-3-4-6-16(15)27-19/h7-11H,3-6H2,1-2H3,(H,23,25). The highest BCUT2D eigenvalue weighted by Crippen LogP contribution is 2.34. The number of fused-ring (bicyclic) bond motifs is 3. The number of aromatic nitrogens is 2. The summed E-state index contributed by atoms with van der Waals surface area (Å²) in [4.78, 5) is 32.5. The van der Waals surface area contributed by atoms with Crippen LogP contribution in [0.3, 0.4) is 0 Å². The molecule has 0 saturated carbocycles. The second-order valence-corrected chi connectivity index (χ2v) is 7.98. The normalized spacial score (nSPS) is 14.8. The third-order valence-corrected chi connectivity index (χ3v) is 6.26. The van der Waals surface area contributed by atoms with Crippen LogP contribution in [-0.4, -0.2) is 15.5 Å². The summed E-state index contributed by atoms with van der Waals surface area (Å²) in [5, 5.41) is 3.40. The van der Waals surface area contributed by atoms with Gasteiger partial charge in [-0.2, -0.15) is 0 Å². The molecule has 1 aliphatic rings. The fourth-order valence-electron chi connectivity index (χ4n) is 3.67. The summed E-state index contributed by atoms with van der Waals surface area (Å²) in [5.74, 6) is -0.185. The molecule has 0 aliphatic heterocycles. The zero-order chi connectivity index (χ0) is 19.1. The smallest absolute Gasteiger partial charge is 0.263 e. The highest BCUT2D eigenvalue weighted by molar-refractivity contribution is 7.18. The molecular formula is C20H20FN3O2S. The van der Waals surface area contributed by atoms with E-state index in [0.29, 0.717) is 16.9 Å². The average Bonchev–Trinajstić information content (AvgIpc) is 3.01. The van der Waals surface area contributed by atoms with Crippen LogP contribution in [0.2, 0.25) is 0 Å². The first-order valence-corrected chi connectivity index (χ1v) is 9.87. The van der Waals surface area contributed by atoms with Crippen LogP contribution in [-0.2, 0) is 17.6 Å². The first-order valence-electron chi connectivity index (χ1n) is 9.05. The van der Waals surface area contributed by atoms with Crippen molar-refractivity contribution >= 4 is 33.1 Å². The molecule has 140 valence electrons. The van der Waals surface area contributed by atoms with Crippen molar-refractivity contribution in [1.29, 1.82) is 0 Å². The molecule has 7 heteroatoms. The van der Waals surface area contributed by atoms with Crippen LogP contribution in [0.1, 0.15) is 42.1 Å². The number of rotatable bonds is 3. The first kappa shape index (κ1) is 17.9. The van der Waals surface area contributed by atoms with E-state index in [0.717, 1.165) is 36.1 Å². The predicted octanol–water partition coefficient (Wildman–Crippen LogP) is 3.98. The molecular weight excluding hydrogens is 365 g/mol. The molecule has 0 spiro atoms. The molecule has 2 aromatic heterocycles. The molecule has 4 rings (SSSR count). The van der Waals surface area contributed by atoms with E-state index in [9.17, 15) is 14.0 Å². The number of nitrogens with zero attached hydrogens (tertiary/aromatic N) is 2. The molecule has 1 aliphatic carbocycles. The number of aryl methyl sites for hydroxylation is 3. The predicted molar refractivity (Wildman–Crippen MR) is 105 cm³/mol. The van der Waals surface area contributed by atoms with Gasteiger partial charge in [0.25, 0.3) is 5.56 Å². The second-order valence-electron chi connectivity index (χ2n) is 6.90. The summed E-state index contributed by atoms with van der Waals surface area (Å²) in [6.45, 7) is 3.43. The first-order chi connectivity index (χ1) is 13.0. The van der Waals surface area contributed by atoms with Gasteiger partial charge < -0.3 is 5.32 Å². The number of thiophene rings is 1. The second kappa shape index (κ2) is 6.88. The van der Waals surface area contributed by atoms with E-state index < -0.39 is 6.04 Å². The summed E-state index contributed by atoms with van der Waals surface area (Å²) in [6, 6.07) is 4.82. The maximum Gasteiger partial charge on any atom is 0.263 e. The molecule has 1 atom stereocenters. The Bertz CT molecular complexity index is 1090. The Kier molecular flexibility index (Phi) is 4.55. The van der Waals surface area contributed by atoms with E-state index in [4.69, 9.17) is 0 Å². The topological polar surface area (TPSA) is 64.0 Å². The number of carbonyl (C=O) groups is 1. The van der Waals surface area contributed by atoms with E-state index in [1.807, 2.05) is 0 Å². The van der Waals surface area contributed by atoms with Gasteiger partial charge in [0.2, 0.25) is 5.91 Å². The van der Waals surface area contributed by atoms with Crippen LogP contribution in [0.15, 0.2) is 29.1 Å². The molecule has 1 amide bonds. The highest BCUT2D eigenvalue weighted by Gasteiger charge is 2.25. The van der Waals surface area contributed by atoms with Gasteiger partial charge in [0.1, 0.15) is 22.5 Å². The van der Waals surface area contributed by atoms with Crippen molar-refractivity contribution in [2.24, 2.45) is 0 Å². The number of halogens is 1. The van der Waals surface area contributed by atoms with Crippen molar-refractivity contribution in [3.63, 3.8) is 0 Å². The molecule has 1 unspecified atom stereocenters. The molecule has 0 radical (unpaired) electrons. The maximum absolute atomic E-state index is 13.2. The molecule has 5 nitrogen and oxygen atoms in total. The lowest BCUT2D eigenvalue weighted by molar-refractivity contribution is -0.118. The Morgan fingerprint density at radius 3 is 2.70 bits per heavy atom.